The molecule has 3 aromatic carbocycles. The van der Waals surface area contributed by atoms with E-state index in [1.807, 2.05) is 24.3 Å². The van der Waals surface area contributed by atoms with Crippen molar-refractivity contribution in [2.75, 3.05) is 0 Å². The van der Waals surface area contributed by atoms with Gasteiger partial charge in [0.1, 0.15) is 0 Å². The molecule has 3 aromatic rings. The van der Waals surface area contributed by atoms with Crippen LogP contribution in [0.5, 0.6) is 5.75 Å². The van der Waals surface area contributed by atoms with Crippen molar-refractivity contribution in [3.8, 4) is 28.0 Å². The molecule has 1 heterocycles. The highest BCUT2D eigenvalue weighted by Crippen LogP contribution is 2.49. The predicted molar refractivity (Wildman–Crippen MR) is 101 cm³/mol. The molecule has 4 rings (SSSR count). The quantitative estimate of drug-likeness (QED) is 0.490. The van der Waals surface area contributed by atoms with Crippen LogP contribution < -0.4 is 4.74 Å². The van der Waals surface area contributed by atoms with E-state index in [1.165, 1.54) is 18.6 Å². The average Bonchev–Trinajstić information content (AvgIpc) is 2.66. The van der Waals surface area contributed by atoms with Gasteiger partial charge in [0.2, 0.25) is 0 Å². The van der Waals surface area contributed by atoms with E-state index in [9.17, 15) is 13.2 Å². The van der Waals surface area contributed by atoms with Crippen molar-refractivity contribution < 1.29 is 17.9 Å². The molecule has 4 heteroatoms. The molecule has 0 radical (unpaired) electrons. The topological polar surface area (TPSA) is 9.23 Å². The first-order valence-electron chi connectivity index (χ1n) is 9.01. The molecule has 0 saturated carbocycles. The van der Waals surface area contributed by atoms with Crippen LogP contribution in [0.4, 0.5) is 13.2 Å². The summed E-state index contributed by atoms with van der Waals surface area (Å²) in [6.45, 7) is 3.64. The summed E-state index contributed by atoms with van der Waals surface area (Å²) >= 11 is 0. The first-order valence-corrected chi connectivity index (χ1v) is 9.01. The maximum Gasteiger partial charge on any atom is 0.427 e. The van der Waals surface area contributed by atoms with Gasteiger partial charge >= 0.3 is 6.11 Å². The van der Waals surface area contributed by atoms with Crippen molar-refractivity contribution in [3.05, 3.63) is 77.1 Å². The zero-order chi connectivity index (χ0) is 19.2. The number of benzene rings is 3. The molecule has 0 spiro atoms. The number of aryl methyl sites for hydroxylation is 2. The summed E-state index contributed by atoms with van der Waals surface area (Å²) in [5, 5.41) is 0. The van der Waals surface area contributed by atoms with Crippen molar-refractivity contribution in [3.63, 3.8) is 0 Å². The molecule has 1 nitrogen and oxygen atoms in total. The number of ether oxygens (including phenoxy) is 1. The third-order valence-corrected chi connectivity index (χ3v) is 4.97. The van der Waals surface area contributed by atoms with Crippen molar-refractivity contribution in [1.29, 1.82) is 0 Å². The van der Waals surface area contributed by atoms with E-state index >= 15 is 0 Å². The first-order chi connectivity index (χ1) is 12.9. The summed E-state index contributed by atoms with van der Waals surface area (Å²) in [6.07, 6.45) is -1.55. The summed E-state index contributed by atoms with van der Waals surface area (Å²) in [5.41, 5.74) is 3.43. The Kier molecular flexibility index (Phi) is 4.22. The second-order valence-corrected chi connectivity index (χ2v) is 6.90. The zero-order valence-corrected chi connectivity index (χ0v) is 15.2. The number of fused-ring (bicyclic) bond motifs is 3. The molecule has 1 aliphatic heterocycles. The third-order valence-electron chi connectivity index (χ3n) is 4.97. The van der Waals surface area contributed by atoms with Crippen LogP contribution in [0.1, 0.15) is 30.0 Å². The minimum absolute atomic E-state index is 0.242. The molecule has 0 fully saturated rings. The summed E-state index contributed by atoms with van der Waals surface area (Å²) in [5.74, 6) is -1.13. The Bertz CT molecular complexity index is 1010. The highest BCUT2D eigenvalue weighted by Gasteiger charge is 2.43. The van der Waals surface area contributed by atoms with Gasteiger partial charge in [-0.2, -0.15) is 8.78 Å². The standard InChI is InChI=1S/C23H19F3O/c1-3-4-15-6-8-16(9-7-15)17-10-12-18-19-11-5-14(2)21(24)22(19)27-23(25,26)20(18)13-17/h5-13H,3-4H2,1-2H3. The normalized spacial score (nSPS) is 14.3. The highest BCUT2D eigenvalue weighted by molar-refractivity contribution is 5.80. The van der Waals surface area contributed by atoms with Crippen molar-refractivity contribution in [2.24, 2.45) is 0 Å². The van der Waals surface area contributed by atoms with Crippen LogP contribution in [0.25, 0.3) is 22.3 Å². The van der Waals surface area contributed by atoms with Crippen LogP contribution >= 0.6 is 0 Å². The van der Waals surface area contributed by atoms with Gasteiger partial charge in [-0.25, -0.2) is 4.39 Å². The van der Waals surface area contributed by atoms with Gasteiger partial charge in [-0.15, -0.1) is 0 Å². The Labute approximate surface area is 156 Å². The maximum absolute atomic E-state index is 14.7. The van der Waals surface area contributed by atoms with Gasteiger partial charge in [-0.05, 0) is 47.2 Å². The van der Waals surface area contributed by atoms with Crippen LogP contribution in [0.2, 0.25) is 0 Å². The second kappa shape index (κ2) is 6.45. The van der Waals surface area contributed by atoms with Crippen LogP contribution in [0, 0.1) is 12.7 Å². The lowest BCUT2D eigenvalue weighted by Crippen LogP contribution is -2.27. The fourth-order valence-corrected chi connectivity index (χ4v) is 3.50. The summed E-state index contributed by atoms with van der Waals surface area (Å²) in [6, 6.07) is 15.9. The van der Waals surface area contributed by atoms with Crippen molar-refractivity contribution in [2.45, 2.75) is 32.8 Å². The van der Waals surface area contributed by atoms with E-state index in [0.29, 0.717) is 16.7 Å². The highest BCUT2D eigenvalue weighted by atomic mass is 19.3. The Morgan fingerprint density at radius 1 is 0.889 bits per heavy atom. The third kappa shape index (κ3) is 2.99. The number of alkyl halides is 2. The molecule has 0 unspecified atom stereocenters. The molecule has 0 atom stereocenters. The van der Waals surface area contributed by atoms with Gasteiger partial charge in [0.05, 0.1) is 5.56 Å². The Morgan fingerprint density at radius 3 is 2.26 bits per heavy atom. The smallest absolute Gasteiger partial charge is 0.425 e. The number of hydrogen-bond donors (Lipinski definition) is 0. The van der Waals surface area contributed by atoms with Gasteiger partial charge in [-0.3, -0.25) is 0 Å². The lowest BCUT2D eigenvalue weighted by Gasteiger charge is -2.29. The molecule has 0 N–H and O–H groups in total. The van der Waals surface area contributed by atoms with Crippen molar-refractivity contribution >= 4 is 0 Å². The van der Waals surface area contributed by atoms with E-state index < -0.39 is 11.9 Å². The second-order valence-electron chi connectivity index (χ2n) is 6.90. The van der Waals surface area contributed by atoms with Crippen molar-refractivity contribution in [1.82, 2.24) is 0 Å². The van der Waals surface area contributed by atoms with E-state index in [0.717, 1.165) is 18.4 Å². The molecule has 0 aliphatic carbocycles. The largest absolute Gasteiger partial charge is 0.427 e. The molecule has 138 valence electrons. The Morgan fingerprint density at radius 2 is 1.56 bits per heavy atom. The predicted octanol–water partition coefficient (Wildman–Crippen LogP) is 6.86. The van der Waals surface area contributed by atoms with E-state index in [-0.39, 0.29) is 16.9 Å². The van der Waals surface area contributed by atoms with Gasteiger partial charge in [-0.1, -0.05) is 61.9 Å². The minimum atomic E-state index is -3.59. The zero-order valence-electron chi connectivity index (χ0n) is 15.2. The van der Waals surface area contributed by atoms with Gasteiger partial charge in [0, 0.05) is 5.56 Å². The molecular formula is C23H19F3O. The van der Waals surface area contributed by atoms with Crippen LogP contribution in [-0.4, -0.2) is 0 Å². The molecule has 1 aliphatic rings. The van der Waals surface area contributed by atoms with Crippen LogP contribution in [0.15, 0.2) is 54.6 Å². The van der Waals surface area contributed by atoms with E-state index in [2.05, 4.69) is 6.92 Å². The Hall–Kier alpha value is -2.75. The SMILES string of the molecule is CCCc1ccc(-c2ccc3c(c2)C(F)(F)Oc2c-3ccc(C)c2F)cc1. The maximum atomic E-state index is 14.7. The molecule has 0 saturated heterocycles. The first kappa shape index (κ1) is 17.7. The van der Waals surface area contributed by atoms with Crippen LogP contribution in [0.3, 0.4) is 0 Å². The number of hydrogen-bond acceptors (Lipinski definition) is 1. The minimum Gasteiger partial charge on any atom is -0.425 e. The summed E-state index contributed by atoms with van der Waals surface area (Å²) in [7, 11) is 0. The summed E-state index contributed by atoms with van der Waals surface area (Å²) in [4.78, 5) is 0. The fourth-order valence-electron chi connectivity index (χ4n) is 3.50. The monoisotopic (exact) mass is 368 g/mol. The van der Waals surface area contributed by atoms with Gasteiger partial charge < -0.3 is 4.74 Å². The molecule has 0 aromatic heterocycles. The van der Waals surface area contributed by atoms with E-state index in [1.54, 1.807) is 24.3 Å². The summed E-state index contributed by atoms with van der Waals surface area (Å²) < 4.78 is 48.4. The van der Waals surface area contributed by atoms with E-state index in [4.69, 9.17) is 4.74 Å². The van der Waals surface area contributed by atoms with Gasteiger partial charge in [0.25, 0.3) is 0 Å². The molecule has 0 amide bonds. The number of rotatable bonds is 3. The lowest BCUT2D eigenvalue weighted by atomic mass is 9.91. The lowest BCUT2D eigenvalue weighted by molar-refractivity contribution is -0.188. The molecule has 0 bridgehead atoms. The fraction of sp³-hybridized carbons (Fsp3) is 0.217. The average molecular weight is 368 g/mol. The number of halogens is 3. The van der Waals surface area contributed by atoms with Gasteiger partial charge in [0.15, 0.2) is 11.6 Å². The molecular weight excluding hydrogens is 349 g/mol. The van der Waals surface area contributed by atoms with Crippen LogP contribution in [-0.2, 0) is 12.5 Å². The molecule has 27 heavy (non-hydrogen) atoms. The Balaban J connectivity index is 1.82.